The third-order valence-corrected chi connectivity index (χ3v) is 3.34. The number of carbonyl (C=O) groups is 1. The predicted octanol–water partition coefficient (Wildman–Crippen LogP) is 4.55. The highest BCUT2D eigenvalue weighted by Crippen LogP contribution is 2.20. The van der Waals surface area contributed by atoms with Gasteiger partial charge in [0.05, 0.1) is 7.11 Å². The normalized spacial score (nSPS) is 10.8. The molecule has 0 aliphatic heterocycles. The molecule has 3 heteroatoms. The van der Waals surface area contributed by atoms with Crippen molar-refractivity contribution in [1.82, 2.24) is 0 Å². The van der Waals surface area contributed by atoms with E-state index in [1.807, 2.05) is 31.2 Å². The molecule has 0 aromatic heterocycles. The largest absolute Gasteiger partial charge is 0.496 e. The quantitative estimate of drug-likeness (QED) is 0.609. The number of aryl methyl sites for hydroxylation is 1. The molecule has 0 amide bonds. The molecule has 2 aromatic carbocycles. The first-order valence-corrected chi connectivity index (χ1v) is 6.61. The van der Waals surface area contributed by atoms with Crippen molar-refractivity contribution in [2.45, 2.75) is 6.92 Å². The standard InChI is InChI=1S/C17H15ClO2/c1-12-11-14(8-10-17(12)20-2)16(19)9-7-13-5-3-4-6-15(13)18/h3-11H,1-2H3/b9-7+. The lowest BCUT2D eigenvalue weighted by Crippen LogP contribution is -1.96. The van der Waals surface area contributed by atoms with E-state index >= 15 is 0 Å². The van der Waals surface area contributed by atoms with Crippen molar-refractivity contribution in [1.29, 1.82) is 0 Å². The van der Waals surface area contributed by atoms with Gasteiger partial charge in [-0.1, -0.05) is 29.8 Å². The predicted molar refractivity (Wildman–Crippen MR) is 82.5 cm³/mol. The van der Waals surface area contributed by atoms with Crippen molar-refractivity contribution < 1.29 is 9.53 Å². The first-order chi connectivity index (χ1) is 9.61. The number of ether oxygens (including phenoxy) is 1. The van der Waals surface area contributed by atoms with E-state index in [4.69, 9.17) is 16.3 Å². The van der Waals surface area contributed by atoms with E-state index in [1.54, 1.807) is 31.4 Å². The number of carbonyl (C=O) groups excluding carboxylic acids is 1. The molecule has 0 spiro atoms. The Labute approximate surface area is 123 Å². The average molecular weight is 287 g/mol. The van der Waals surface area contributed by atoms with Gasteiger partial charge >= 0.3 is 0 Å². The second-order valence-electron chi connectivity index (χ2n) is 4.40. The Morgan fingerprint density at radius 2 is 1.95 bits per heavy atom. The highest BCUT2D eigenvalue weighted by Gasteiger charge is 2.05. The van der Waals surface area contributed by atoms with Crippen LogP contribution < -0.4 is 4.74 Å². The summed E-state index contributed by atoms with van der Waals surface area (Å²) in [5.74, 6) is 0.715. The zero-order valence-electron chi connectivity index (χ0n) is 11.4. The van der Waals surface area contributed by atoms with Gasteiger partial charge in [-0.3, -0.25) is 4.79 Å². The van der Waals surface area contributed by atoms with Crippen LogP contribution in [0.5, 0.6) is 5.75 Å². The Balaban J connectivity index is 2.20. The van der Waals surface area contributed by atoms with Crippen LogP contribution in [0.2, 0.25) is 5.02 Å². The molecule has 0 aliphatic carbocycles. The molecule has 0 unspecified atom stereocenters. The number of ketones is 1. The maximum atomic E-state index is 12.1. The van der Waals surface area contributed by atoms with E-state index in [0.29, 0.717) is 10.6 Å². The topological polar surface area (TPSA) is 26.3 Å². The molecule has 102 valence electrons. The lowest BCUT2D eigenvalue weighted by Gasteiger charge is -2.05. The summed E-state index contributed by atoms with van der Waals surface area (Å²) in [6.07, 6.45) is 3.26. The molecule has 0 saturated heterocycles. The second kappa shape index (κ2) is 6.40. The number of rotatable bonds is 4. The van der Waals surface area contributed by atoms with Crippen molar-refractivity contribution in [3.63, 3.8) is 0 Å². The Kier molecular flexibility index (Phi) is 4.59. The van der Waals surface area contributed by atoms with Crippen LogP contribution in [0.1, 0.15) is 21.5 Å². The van der Waals surface area contributed by atoms with Gasteiger partial charge in [-0.05, 0) is 54.5 Å². The van der Waals surface area contributed by atoms with Gasteiger partial charge in [0.2, 0.25) is 0 Å². The van der Waals surface area contributed by atoms with Crippen molar-refractivity contribution in [3.8, 4) is 5.75 Å². The highest BCUT2D eigenvalue weighted by molar-refractivity contribution is 6.32. The zero-order valence-corrected chi connectivity index (χ0v) is 12.1. The van der Waals surface area contributed by atoms with E-state index in [0.717, 1.165) is 16.9 Å². The molecule has 0 N–H and O–H groups in total. The molecule has 20 heavy (non-hydrogen) atoms. The Hall–Kier alpha value is -2.06. The molecule has 0 fully saturated rings. The summed E-state index contributed by atoms with van der Waals surface area (Å²) in [4.78, 5) is 12.1. The minimum Gasteiger partial charge on any atom is -0.496 e. The summed E-state index contributed by atoms with van der Waals surface area (Å²) in [5.41, 5.74) is 2.39. The van der Waals surface area contributed by atoms with Gasteiger partial charge in [0, 0.05) is 10.6 Å². The third kappa shape index (κ3) is 3.28. The monoisotopic (exact) mass is 286 g/mol. The summed E-state index contributed by atoms with van der Waals surface area (Å²) in [6.45, 7) is 1.91. The van der Waals surface area contributed by atoms with Gasteiger partial charge in [0.25, 0.3) is 0 Å². The van der Waals surface area contributed by atoms with Crippen LogP contribution >= 0.6 is 11.6 Å². The van der Waals surface area contributed by atoms with Crippen LogP contribution in [0.3, 0.4) is 0 Å². The lowest BCUT2D eigenvalue weighted by atomic mass is 10.1. The van der Waals surface area contributed by atoms with E-state index in [1.165, 1.54) is 6.08 Å². The van der Waals surface area contributed by atoms with Crippen LogP contribution in [-0.2, 0) is 0 Å². The van der Waals surface area contributed by atoms with E-state index in [2.05, 4.69) is 0 Å². The maximum Gasteiger partial charge on any atom is 0.185 e. The van der Waals surface area contributed by atoms with Crippen LogP contribution in [0, 0.1) is 6.92 Å². The van der Waals surface area contributed by atoms with E-state index in [-0.39, 0.29) is 5.78 Å². The van der Waals surface area contributed by atoms with E-state index < -0.39 is 0 Å². The van der Waals surface area contributed by atoms with Gasteiger partial charge in [-0.15, -0.1) is 0 Å². The summed E-state index contributed by atoms with van der Waals surface area (Å²) in [5, 5.41) is 0.627. The van der Waals surface area contributed by atoms with Gasteiger partial charge in [0.1, 0.15) is 5.75 Å². The molecule has 0 aliphatic rings. The van der Waals surface area contributed by atoms with E-state index in [9.17, 15) is 4.79 Å². The molecule has 2 aromatic rings. The van der Waals surface area contributed by atoms with Crippen LogP contribution in [0.4, 0.5) is 0 Å². The minimum atomic E-state index is -0.0596. The molecular formula is C17H15ClO2. The van der Waals surface area contributed by atoms with Gasteiger partial charge in [-0.2, -0.15) is 0 Å². The molecule has 2 nitrogen and oxygen atoms in total. The Bertz CT molecular complexity index is 660. The fraction of sp³-hybridized carbons (Fsp3) is 0.118. The van der Waals surface area contributed by atoms with Crippen molar-refractivity contribution >= 4 is 23.5 Å². The van der Waals surface area contributed by atoms with Crippen LogP contribution in [-0.4, -0.2) is 12.9 Å². The van der Waals surface area contributed by atoms with Gasteiger partial charge in [0.15, 0.2) is 5.78 Å². The average Bonchev–Trinajstić information content (AvgIpc) is 2.46. The fourth-order valence-corrected chi connectivity index (χ4v) is 2.10. The SMILES string of the molecule is COc1ccc(C(=O)/C=C/c2ccccc2Cl)cc1C. The smallest absolute Gasteiger partial charge is 0.185 e. The molecule has 0 radical (unpaired) electrons. The number of hydrogen-bond donors (Lipinski definition) is 0. The summed E-state index contributed by atoms with van der Waals surface area (Å²) < 4.78 is 5.18. The summed E-state index contributed by atoms with van der Waals surface area (Å²) >= 11 is 6.04. The Morgan fingerprint density at radius 3 is 2.60 bits per heavy atom. The minimum absolute atomic E-state index is 0.0596. The number of hydrogen-bond acceptors (Lipinski definition) is 2. The van der Waals surface area contributed by atoms with Crippen LogP contribution in [0.15, 0.2) is 48.5 Å². The van der Waals surface area contributed by atoms with Crippen molar-refractivity contribution in [2.75, 3.05) is 7.11 Å². The summed E-state index contributed by atoms with van der Waals surface area (Å²) in [7, 11) is 1.61. The van der Waals surface area contributed by atoms with Crippen molar-refractivity contribution in [2.24, 2.45) is 0 Å². The molecule has 0 saturated carbocycles. The number of halogens is 1. The number of allylic oxidation sites excluding steroid dienone is 1. The van der Waals surface area contributed by atoms with Gasteiger partial charge in [-0.25, -0.2) is 0 Å². The van der Waals surface area contributed by atoms with Crippen LogP contribution in [0.25, 0.3) is 6.08 Å². The molecular weight excluding hydrogens is 272 g/mol. The van der Waals surface area contributed by atoms with Crippen molar-refractivity contribution in [3.05, 3.63) is 70.3 Å². The molecule has 0 heterocycles. The second-order valence-corrected chi connectivity index (χ2v) is 4.81. The zero-order chi connectivity index (χ0) is 14.5. The van der Waals surface area contributed by atoms with Gasteiger partial charge < -0.3 is 4.74 Å². The third-order valence-electron chi connectivity index (χ3n) is 3.00. The molecule has 0 bridgehead atoms. The number of benzene rings is 2. The Morgan fingerprint density at radius 1 is 1.20 bits per heavy atom. The fourth-order valence-electron chi connectivity index (χ4n) is 1.90. The first-order valence-electron chi connectivity index (χ1n) is 6.23. The highest BCUT2D eigenvalue weighted by atomic mass is 35.5. The first kappa shape index (κ1) is 14.4. The number of methoxy groups -OCH3 is 1. The molecule has 2 rings (SSSR count). The maximum absolute atomic E-state index is 12.1. The summed E-state index contributed by atoms with van der Waals surface area (Å²) in [6, 6.07) is 12.8. The molecule has 0 atom stereocenters. The lowest BCUT2D eigenvalue weighted by molar-refractivity contribution is 0.104.